The van der Waals surface area contributed by atoms with E-state index in [0.29, 0.717) is 19.4 Å². The number of aryl methyl sites for hydroxylation is 1. The highest BCUT2D eigenvalue weighted by molar-refractivity contribution is 6.05. The molecule has 1 aromatic rings. The molecule has 0 aromatic carbocycles. The third-order valence-electron chi connectivity index (χ3n) is 4.56. The maximum atomic E-state index is 12.6. The summed E-state index contributed by atoms with van der Waals surface area (Å²) >= 11 is 0. The van der Waals surface area contributed by atoms with Crippen LogP contribution in [0.5, 0.6) is 0 Å². The van der Waals surface area contributed by atoms with Crippen LogP contribution in [-0.2, 0) is 16.0 Å². The minimum atomic E-state index is -0.360. The highest BCUT2D eigenvalue weighted by Crippen LogP contribution is 2.45. The van der Waals surface area contributed by atoms with Gasteiger partial charge in [0.2, 0.25) is 11.8 Å². The van der Waals surface area contributed by atoms with Crippen LogP contribution >= 0.6 is 0 Å². The van der Waals surface area contributed by atoms with E-state index >= 15 is 0 Å². The first-order valence-corrected chi connectivity index (χ1v) is 7.40. The summed E-state index contributed by atoms with van der Waals surface area (Å²) in [6.07, 6.45) is 8.45. The molecular formula is C14H20N4O2. The van der Waals surface area contributed by atoms with Crippen molar-refractivity contribution in [3.05, 3.63) is 12.2 Å². The van der Waals surface area contributed by atoms with Gasteiger partial charge in [0.15, 0.2) is 0 Å². The third kappa shape index (κ3) is 2.34. The number of aromatic amines is 1. The molecule has 0 atom stereocenters. The average Bonchev–Trinajstić information content (AvgIpc) is 3.03. The summed E-state index contributed by atoms with van der Waals surface area (Å²) in [5.74, 6) is 0.880. The first kappa shape index (κ1) is 13.3. The number of hydrogen-bond acceptors (Lipinski definition) is 4. The molecule has 1 saturated carbocycles. The summed E-state index contributed by atoms with van der Waals surface area (Å²) in [7, 11) is 0. The number of rotatable bonds is 4. The first-order valence-electron chi connectivity index (χ1n) is 7.40. The predicted octanol–water partition coefficient (Wildman–Crippen LogP) is 1.45. The van der Waals surface area contributed by atoms with Crippen LogP contribution in [-0.4, -0.2) is 38.4 Å². The minimum Gasteiger partial charge on any atom is -0.282 e. The molecule has 2 heterocycles. The van der Waals surface area contributed by atoms with Crippen molar-refractivity contribution in [1.29, 1.82) is 0 Å². The lowest BCUT2D eigenvalue weighted by molar-refractivity contribution is -0.142. The summed E-state index contributed by atoms with van der Waals surface area (Å²) in [6.45, 7) is 0.500. The van der Waals surface area contributed by atoms with E-state index in [2.05, 4.69) is 15.2 Å². The summed E-state index contributed by atoms with van der Waals surface area (Å²) in [5.41, 5.74) is -0.360. The Morgan fingerprint density at radius 2 is 2.05 bits per heavy atom. The van der Waals surface area contributed by atoms with E-state index in [4.69, 9.17) is 0 Å². The molecule has 0 radical (unpaired) electrons. The zero-order valence-corrected chi connectivity index (χ0v) is 11.6. The molecule has 1 aliphatic carbocycles. The molecule has 2 amide bonds. The van der Waals surface area contributed by atoms with Crippen LogP contribution in [0.1, 0.15) is 50.8 Å². The number of nitrogens with zero attached hydrogens (tertiary/aromatic N) is 3. The third-order valence-corrected chi connectivity index (χ3v) is 4.56. The van der Waals surface area contributed by atoms with Crippen LogP contribution in [0.25, 0.3) is 0 Å². The van der Waals surface area contributed by atoms with Crippen LogP contribution in [0.2, 0.25) is 0 Å². The molecular weight excluding hydrogens is 256 g/mol. The van der Waals surface area contributed by atoms with E-state index in [1.54, 1.807) is 0 Å². The van der Waals surface area contributed by atoms with E-state index in [1.165, 1.54) is 17.6 Å². The Bertz CT molecular complexity index is 491. The molecule has 0 unspecified atom stereocenters. The molecule has 2 aliphatic rings. The fourth-order valence-electron chi connectivity index (χ4n) is 3.46. The lowest BCUT2D eigenvalue weighted by Gasteiger charge is -2.30. The molecule has 1 aliphatic heterocycles. The Labute approximate surface area is 117 Å². The Morgan fingerprint density at radius 1 is 1.25 bits per heavy atom. The monoisotopic (exact) mass is 276 g/mol. The summed E-state index contributed by atoms with van der Waals surface area (Å²) in [4.78, 5) is 30.2. The first-order chi connectivity index (χ1) is 9.71. The van der Waals surface area contributed by atoms with Gasteiger partial charge in [-0.05, 0) is 19.3 Å². The molecule has 1 aromatic heterocycles. The maximum Gasteiger partial charge on any atom is 0.235 e. The zero-order chi connectivity index (χ0) is 14.0. The van der Waals surface area contributed by atoms with E-state index in [-0.39, 0.29) is 17.2 Å². The number of likely N-dealkylation sites (tertiary alicyclic amines) is 1. The van der Waals surface area contributed by atoms with Crippen molar-refractivity contribution in [2.45, 2.75) is 51.4 Å². The number of imide groups is 1. The molecule has 6 heteroatoms. The van der Waals surface area contributed by atoms with Crippen molar-refractivity contribution >= 4 is 11.8 Å². The number of hydrogen-bond donors (Lipinski definition) is 1. The fraction of sp³-hybridized carbons (Fsp3) is 0.714. The number of amides is 2. The van der Waals surface area contributed by atoms with Gasteiger partial charge >= 0.3 is 0 Å². The van der Waals surface area contributed by atoms with E-state index < -0.39 is 0 Å². The van der Waals surface area contributed by atoms with Crippen LogP contribution in [0.4, 0.5) is 0 Å². The highest BCUT2D eigenvalue weighted by atomic mass is 16.2. The Kier molecular flexibility index (Phi) is 3.54. The van der Waals surface area contributed by atoms with Crippen molar-refractivity contribution < 1.29 is 9.59 Å². The fourth-order valence-corrected chi connectivity index (χ4v) is 3.46. The molecule has 1 spiro atoms. The van der Waals surface area contributed by atoms with Crippen molar-refractivity contribution in [2.75, 3.05) is 6.54 Å². The SMILES string of the molecule is O=C1CC2(CCCCC2)C(=O)N1CCCc1ncn[nH]1. The van der Waals surface area contributed by atoms with E-state index in [1.807, 2.05) is 0 Å². The number of aromatic nitrogens is 3. The van der Waals surface area contributed by atoms with Crippen molar-refractivity contribution in [1.82, 2.24) is 20.1 Å². The summed E-state index contributed by atoms with van der Waals surface area (Å²) < 4.78 is 0. The number of nitrogens with one attached hydrogen (secondary N) is 1. The van der Waals surface area contributed by atoms with Crippen LogP contribution in [0.15, 0.2) is 6.33 Å². The summed E-state index contributed by atoms with van der Waals surface area (Å²) in [5, 5.41) is 6.58. The molecule has 6 nitrogen and oxygen atoms in total. The second-order valence-corrected chi connectivity index (χ2v) is 5.90. The van der Waals surface area contributed by atoms with Crippen molar-refractivity contribution in [3.63, 3.8) is 0 Å². The summed E-state index contributed by atoms with van der Waals surface area (Å²) in [6, 6.07) is 0. The Balaban J connectivity index is 1.59. The van der Waals surface area contributed by atoms with Crippen LogP contribution in [0.3, 0.4) is 0 Å². The van der Waals surface area contributed by atoms with E-state index in [9.17, 15) is 9.59 Å². The Hall–Kier alpha value is -1.72. The second kappa shape index (κ2) is 5.34. The van der Waals surface area contributed by atoms with Gasteiger partial charge in [-0.1, -0.05) is 19.3 Å². The molecule has 108 valence electrons. The van der Waals surface area contributed by atoms with Crippen LogP contribution < -0.4 is 0 Å². The quantitative estimate of drug-likeness (QED) is 0.844. The van der Waals surface area contributed by atoms with Gasteiger partial charge in [-0.25, -0.2) is 4.98 Å². The second-order valence-electron chi connectivity index (χ2n) is 5.90. The van der Waals surface area contributed by atoms with Crippen molar-refractivity contribution in [2.24, 2.45) is 5.41 Å². The number of H-pyrrole nitrogens is 1. The van der Waals surface area contributed by atoms with Gasteiger partial charge in [-0.2, -0.15) is 5.10 Å². The van der Waals surface area contributed by atoms with Gasteiger partial charge in [0.05, 0.1) is 5.41 Å². The smallest absolute Gasteiger partial charge is 0.235 e. The van der Waals surface area contributed by atoms with Crippen LogP contribution in [0, 0.1) is 5.41 Å². The topological polar surface area (TPSA) is 79.0 Å². The molecule has 1 N–H and O–H groups in total. The lowest BCUT2D eigenvalue weighted by atomic mass is 9.73. The molecule has 20 heavy (non-hydrogen) atoms. The number of carbonyl (C=O) groups excluding carboxylic acids is 2. The lowest BCUT2D eigenvalue weighted by Crippen LogP contribution is -2.37. The minimum absolute atomic E-state index is 0.00877. The molecule has 2 fully saturated rings. The maximum absolute atomic E-state index is 12.6. The highest BCUT2D eigenvalue weighted by Gasteiger charge is 2.51. The average molecular weight is 276 g/mol. The van der Waals surface area contributed by atoms with Gasteiger partial charge in [-0.15, -0.1) is 0 Å². The molecule has 1 saturated heterocycles. The van der Waals surface area contributed by atoms with Gasteiger partial charge in [0.25, 0.3) is 0 Å². The van der Waals surface area contributed by atoms with Gasteiger partial charge < -0.3 is 0 Å². The largest absolute Gasteiger partial charge is 0.282 e. The van der Waals surface area contributed by atoms with Gasteiger partial charge in [0.1, 0.15) is 12.2 Å². The van der Waals surface area contributed by atoms with Crippen molar-refractivity contribution in [3.8, 4) is 0 Å². The van der Waals surface area contributed by atoms with E-state index in [0.717, 1.165) is 37.9 Å². The zero-order valence-electron chi connectivity index (χ0n) is 11.6. The molecule has 0 bridgehead atoms. The normalized spacial score (nSPS) is 21.9. The standard InChI is InChI=1S/C14H20N4O2/c19-12-9-14(6-2-1-3-7-14)13(20)18(12)8-4-5-11-15-10-16-17-11/h10H,1-9H2,(H,15,16,17). The van der Waals surface area contributed by atoms with Gasteiger partial charge in [-0.3, -0.25) is 19.6 Å². The predicted molar refractivity (Wildman–Crippen MR) is 71.6 cm³/mol. The number of carbonyl (C=O) groups is 2. The Morgan fingerprint density at radius 3 is 2.75 bits per heavy atom. The molecule has 3 rings (SSSR count). The van der Waals surface area contributed by atoms with Gasteiger partial charge in [0, 0.05) is 19.4 Å².